The normalized spacial score (nSPS) is 12.5. The largest absolute Gasteiger partial charge is 0.750 e. The third kappa shape index (κ3) is 3.45. The van der Waals surface area contributed by atoms with Crippen molar-refractivity contribution < 1.29 is 12.9 Å². The molecule has 0 fully saturated rings. The van der Waals surface area contributed by atoms with E-state index in [0.717, 1.165) is 11.3 Å². The molecular formula is C10H10N3O3S-. The van der Waals surface area contributed by atoms with Crippen LogP contribution in [0.15, 0.2) is 36.5 Å². The van der Waals surface area contributed by atoms with Crippen LogP contribution in [0.5, 0.6) is 0 Å². The van der Waals surface area contributed by atoms with Gasteiger partial charge in [0.1, 0.15) is 5.69 Å². The summed E-state index contributed by atoms with van der Waals surface area (Å²) < 4.78 is 26.2. The van der Waals surface area contributed by atoms with Gasteiger partial charge < -0.3 is 4.55 Å². The van der Waals surface area contributed by atoms with Crippen molar-refractivity contribution >= 4 is 11.4 Å². The Bertz CT molecular complexity index is 501. The minimum Gasteiger partial charge on any atom is -0.750 e. The summed E-state index contributed by atoms with van der Waals surface area (Å²) in [5.41, 5.74) is 1.71. The molecule has 6 nitrogen and oxygen atoms in total. The summed E-state index contributed by atoms with van der Waals surface area (Å²) in [4.78, 5) is 0. The molecule has 0 amide bonds. The van der Waals surface area contributed by atoms with Crippen LogP contribution in [0.25, 0.3) is 11.3 Å². The topological polar surface area (TPSA) is 80.1 Å². The summed E-state index contributed by atoms with van der Waals surface area (Å²) in [6.45, 7) is 0.390. The van der Waals surface area contributed by atoms with Crippen LogP contribution in [0.1, 0.15) is 0 Å². The van der Waals surface area contributed by atoms with E-state index >= 15 is 0 Å². The number of aromatic nitrogens is 3. The molecule has 0 aliphatic carbocycles. The van der Waals surface area contributed by atoms with Gasteiger partial charge in [0.05, 0.1) is 30.7 Å². The second-order valence-corrected chi connectivity index (χ2v) is 3.90. The molecule has 0 saturated heterocycles. The number of hydrogen-bond donors (Lipinski definition) is 0. The zero-order valence-electron chi connectivity index (χ0n) is 8.85. The molecule has 1 unspecified atom stereocenters. The third-order valence-electron chi connectivity index (χ3n) is 2.11. The Balaban J connectivity index is 1.99. The highest BCUT2D eigenvalue weighted by Gasteiger charge is 2.02. The molecule has 1 aromatic heterocycles. The van der Waals surface area contributed by atoms with Gasteiger partial charge in [0.25, 0.3) is 0 Å². The molecule has 1 heterocycles. The van der Waals surface area contributed by atoms with Crippen molar-refractivity contribution in [3.8, 4) is 11.3 Å². The predicted octanol–water partition coefficient (Wildman–Crippen LogP) is 0.756. The molecule has 2 aromatic rings. The first-order chi connectivity index (χ1) is 8.25. The molecule has 0 aliphatic rings. The molecule has 0 saturated carbocycles. The highest BCUT2D eigenvalue weighted by molar-refractivity contribution is 7.74. The first-order valence-electron chi connectivity index (χ1n) is 4.94. The van der Waals surface area contributed by atoms with Crippen LogP contribution < -0.4 is 0 Å². The Morgan fingerprint density at radius 2 is 2.12 bits per heavy atom. The molecule has 17 heavy (non-hydrogen) atoms. The summed E-state index contributed by atoms with van der Waals surface area (Å²) in [7, 11) is 0. The van der Waals surface area contributed by atoms with Crippen molar-refractivity contribution in [2.24, 2.45) is 0 Å². The van der Waals surface area contributed by atoms with Crippen LogP contribution in [0, 0.1) is 0 Å². The Hall–Kier alpha value is -1.57. The molecule has 1 atom stereocenters. The van der Waals surface area contributed by atoms with Crippen molar-refractivity contribution in [1.29, 1.82) is 0 Å². The Kier molecular flexibility index (Phi) is 3.97. The second-order valence-electron chi connectivity index (χ2n) is 3.26. The van der Waals surface area contributed by atoms with Gasteiger partial charge in [-0.2, -0.15) is 0 Å². The first kappa shape index (κ1) is 11.9. The summed E-state index contributed by atoms with van der Waals surface area (Å²) in [5.74, 6) is 0. The van der Waals surface area contributed by atoms with E-state index in [2.05, 4.69) is 14.5 Å². The van der Waals surface area contributed by atoms with E-state index in [4.69, 9.17) is 0 Å². The van der Waals surface area contributed by atoms with Gasteiger partial charge in [-0.05, 0) is 0 Å². The number of hydrogen-bond acceptors (Lipinski definition) is 5. The van der Waals surface area contributed by atoms with Gasteiger partial charge in [-0.1, -0.05) is 35.5 Å². The molecule has 0 spiro atoms. The minimum absolute atomic E-state index is 0.0493. The number of nitrogens with zero attached hydrogens (tertiary/aromatic N) is 3. The van der Waals surface area contributed by atoms with Crippen LogP contribution in [-0.2, 0) is 22.1 Å². The molecule has 90 valence electrons. The lowest BCUT2D eigenvalue weighted by Gasteiger charge is -2.04. The molecule has 0 bridgehead atoms. The van der Waals surface area contributed by atoms with Crippen molar-refractivity contribution in [2.45, 2.75) is 6.54 Å². The fraction of sp³-hybridized carbons (Fsp3) is 0.200. The maximum Gasteiger partial charge on any atom is 0.113 e. The Labute approximate surface area is 101 Å². The summed E-state index contributed by atoms with van der Waals surface area (Å²) in [6, 6.07) is 9.61. The van der Waals surface area contributed by atoms with Gasteiger partial charge in [-0.3, -0.25) is 4.18 Å². The average molecular weight is 252 g/mol. The Morgan fingerprint density at radius 3 is 2.82 bits per heavy atom. The van der Waals surface area contributed by atoms with Crippen LogP contribution >= 0.6 is 0 Å². The van der Waals surface area contributed by atoms with Crippen LogP contribution in [0.3, 0.4) is 0 Å². The predicted molar refractivity (Wildman–Crippen MR) is 60.3 cm³/mol. The summed E-state index contributed by atoms with van der Waals surface area (Å²) in [6.07, 6.45) is 1.74. The van der Waals surface area contributed by atoms with E-state index in [1.165, 1.54) is 4.68 Å². The maximum atomic E-state index is 10.1. The molecule has 0 N–H and O–H groups in total. The van der Waals surface area contributed by atoms with Crippen molar-refractivity contribution in [3.05, 3.63) is 36.5 Å². The quantitative estimate of drug-likeness (QED) is 0.734. The highest BCUT2D eigenvalue weighted by atomic mass is 32.2. The van der Waals surface area contributed by atoms with E-state index in [-0.39, 0.29) is 6.61 Å². The lowest BCUT2D eigenvalue weighted by molar-refractivity contribution is 0.279. The third-order valence-corrected chi connectivity index (χ3v) is 2.47. The Morgan fingerprint density at radius 1 is 1.35 bits per heavy atom. The molecule has 2 rings (SSSR count). The zero-order chi connectivity index (χ0) is 12.1. The first-order valence-corrected chi connectivity index (χ1v) is 5.94. The van der Waals surface area contributed by atoms with Crippen LogP contribution in [0.2, 0.25) is 0 Å². The van der Waals surface area contributed by atoms with E-state index in [1.807, 2.05) is 30.3 Å². The highest BCUT2D eigenvalue weighted by Crippen LogP contribution is 2.14. The minimum atomic E-state index is -2.48. The lowest BCUT2D eigenvalue weighted by Crippen LogP contribution is -2.07. The number of rotatable bonds is 5. The summed E-state index contributed by atoms with van der Waals surface area (Å²) in [5, 5.41) is 7.86. The molecule has 0 radical (unpaired) electrons. The van der Waals surface area contributed by atoms with E-state index in [1.54, 1.807) is 6.20 Å². The fourth-order valence-corrected chi connectivity index (χ4v) is 1.56. The van der Waals surface area contributed by atoms with Crippen molar-refractivity contribution in [3.63, 3.8) is 0 Å². The van der Waals surface area contributed by atoms with E-state index < -0.39 is 11.4 Å². The molecule has 0 aliphatic heterocycles. The van der Waals surface area contributed by atoms with Gasteiger partial charge in [-0.15, -0.1) is 5.10 Å². The molecule has 1 aromatic carbocycles. The van der Waals surface area contributed by atoms with Gasteiger partial charge in [0.2, 0.25) is 0 Å². The van der Waals surface area contributed by atoms with E-state index in [9.17, 15) is 8.76 Å². The van der Waals surface area contributed by atoms with Crippen molar-refractivity contribution in [2.75, 3.05) is 6.61 Å². The van der Waals surface area contributed by atoms with Gasteiger partial charge >= 0.3 is 0 Å². The second kappa shape index (κ2) is 5.67. The van der Waals surface area contributed by atoms with Crippen LogP contribution in [0.4, 0.5) is 0 Å². The smallest absolute Gasteiger partial charge is 0.113 e. The molecule has 7 heteroatoms. The lowest BCUT2D eigenvalue weighted by atomic mass is 10.2. The SMILES string of the molecule is O=S([O-])OCCn1cc(-c2ccccc2)nn1. The van der Waals surface area contributed by atoms with Gasteiger partial charge in [0, 0.05) is 5.56 Å². The van der Waals surface area contributed by atoms with Gasteiger partial charge in [-0.25, -0.2) is 8.89 Å². The van der Waals surface area contributed by atoms with E-state index in [0.29, 0.717) is 6.54 Å². The maximum absolute atomic E-state index is 10.1. The molecular weight excluding hydrogens is 242 g/mol. The zero-order valence-corrected chi connectivity index (χ0v) is 9.67. The fourth-order valence-electron chi connectivity index (χ4n) is 1.35. The standard InChI is InChI=1S/C10H11N3O3S/c14-17(15)16-7-6-13-8-10(11-12-13)9-4-2-1-3-5-9/h1-5,8H,6-7H2,(H,14,15)/p-1. The van der Waals surface area contributed by atoms with Gasteiger partial charge in [0.15, 0.2) is 0 Å². The number of benzene rings is 1. The monoisotopic (exact) mass is 252 g/mol. The van der Waals surface area contributed by atoms with Crippen LogP contribution in [-0.4, -0.2) is 30.4 Å². The summed E-state index contributed by atoms with van der Waals surface area (Å²) >= 11 is -2.48. The van der Waals surface area contributed by atoms with Crippen molar-refractivity contribution in [1.82, 2.24) is 15.0 Å². The average Bonchev–Trinajstić information content (AvgIpc) is 2.78.